The van der Waals surface area contributed by atoms with E-state index in [1.807, 2.05) is 41.6 Å². The Balaban J connectivity index is 1.52. The van der Waals surface area contributed by atoms with E-state index >= 15 is 0 Å². The number of hydrogen-bond acceptors (Lipinski definition) is 4. The van der Waals surface area contributed by atoms with Gasteiger partial charge in [0.2, 0.25) is 5.91 Å². The highest BCUT2D eigenvalue weighted by molar-refractivity contribution is 5.76. The number of piperidine rings is 1. The molecule has 24 heavy (non-hydrogen) atoms. The highest BCUT2D eigenvalue weighted by atomic mass is 16.2. The van der Waals surface area contributed by atoms with Gasteiger partial charge in [-0.2, -0.15) is 5.10 Å². The first-order valence-corrected chi connectivity index (χ1v) is 8.71. The van der Waals surface area contributed by atoms with E-state index in [1.165, 1.54) is 0 Å². The van der Waals surface area contributed by atoms with Crippen molar-refractivity contribution >= 4 is 5.91 Å². The smallest absolute Gasteiger partial charge is 0.222 e. The van der Waals surface area contributed by atoms with E-state index in [-0.39, 0.29) is 11.9 Å². The Hall–Kier alpha value is -2.24. The quantitative estimate of drug-likeness (QED) is 0.846. The number of rotatable bonds is 5. The second kappa shape index (κ2) is 7.55. The van der Waals surface area contributed by atoms with Crippen LogP contribution in [0.15, 0.2) is 24.4 Å². The second-order valence-electron chi connectivity index (χ2n) is 6.46. The molecular weight excluding hydrogens is 302 g/mol. The van der Waals surface area contributed by atoms with Gasteiger partial charge in [0.1, 0.15) is 11.6 Å². The summed E-state index contributed by atoms with van der Waals surface area (Å²) in [4.78, 5) is 23.2. The fourth-order valence-corrected chi connectivity index (χ4v) is 3.39. The van der Waals surface area contributed by atoms with E-state index in [2.05, 4.69) is 15.1 Å². The van der Waals surface area contributed by atoms with E-state index in [0.29, 0.717) is 6.42 Å². The molecule has 128 valence electrons. The fraction of sp³-hybridized carbons (Fsp3) is 0.556. The Morgan fingerprint density at radius 1 is 1.33 bits per heavy atom. The predicted octanol–water partition coefficient (Wildman–Crippen LogP) is 2.48. The maximum absolute atomic E-state index is 12.5. The average Bonchev–Trinajstić information content (AvgIpc) is 2.94. The maximum Gasteiger partial charge on any atom is 0.222 e. The molecule has 1 aliphatic rings. The summed E-state index contributed by atoms with van der Waals surface area (Å²) in [5, 5.41) is 4.49. The van der Waals surface area contributed by atoms with Gasteiger partial charge in [0.05, 0.1) is 6.04 Å². The lowest BCUT2D eigenvalue weighted by Crippen LogP contribution is -2.41. The molecule has 1 amide bonds. The molecule has 1 atom stereocenters. The van der Waals surface area contributed by atoms with Gasteiger partial charge in [0, 0.05) is 31.4 Å². The van der Waals surface area contributed by atoms with Crippen LogP contribution in [0.3, 0.4) is 0 Å². The standard InChI is InChI=1S/C18H25N5O/c1-14-20-15(2)23(21-14)17-9-6-12-22(13-17)18(24)10-5-8-16-7-3-4-11-19-16/h3-4,7,11,17H,5-6,8-10,12-13H2,1-2H3/t17-/m0/s1. The van der Waals surface area contributed by atoms with Crippen LogP contribution in [0.1, 0.15) is 49.1 Å². The number of pyridine rings is 1. The monoisotopic (exact) mass is 327 g/mol. The van der Waals surface area contributed by atoms with Gasteiger partial charge in [-0.1, -0.05) is 6.07 Å². The second-order valence-corrected chi connectivity index (χ2v) is 6.46. The van der Waals surface area contributed by atoms with Crippen LogP contribution in [-0.4, -0.2) is 43.6 Å². The van der Waals surface area contributed by atoms with Crippen molar-refractivity contribution in [3.8, 4) is 0 Å². The van der Waals surface area contributed by atoms with Crippen molar-refractivity contribution in [1.29, 1.82) is 0 Å². The Morgan fingerprint density at radius 2 is 2.21 bits per heavy atom. The van der Waals surface area contributed by atoms with Crippen molar-refractivity contribution in [2.24, 2.45) is 0 Å². The summed E-state index contributed by atoms with van der Waals surface area (Å²) >= 11 is 0. The summed E-state index contributed by atoms with van der Waals surface area (Å²) in [7, 11) is 0. The van der Waals surface area contributed by atoms with Crippen LogP contribution in [0.4, 0.5) is 0 Å². The van der Waals surface area contributed by atoms with Gasteiger partial charge in [-0.15, -0.1) is 0 Å². The van der Waals surface area contributed by atoms with Crippen LogP contribution in [0.25, 0.3) is 0 Å². The Morgan fingerprint density at radius 3 is 2.92 bits per heavy atom. The summed E-state index contributed by atoms with van der Waals surface area (Å²) in [6, 6.07) is 6.16. The lowest BCUT2D eigenvalue weighted by molar-refractivity contribution is -0.133. The Kier molecular flexibility index (Phi) is 5.23. The van der Waals surface area contributed by atoms with Gasteiger partial charge in [-0.3, -0.25) is 9.78 Å². The molecule has 2 aromatic heterocycles. The van der Waals surface area contributed by atoms with Gasteiger partial charge >= 0.3 is 0 Å². The van der Waals surface area contributed by atoms with Crippen molar-refractivity contribution in [3.05, 3.63) is 41.7 Å². The van der Waals surface area contributed by atoms with E-state index in [0.717, 1.165) is 56.1 Å². The summed E-state index contributed by atoms with van der Waals surface area (Å²) in [6.07, 6.45) is 6.16. The van der Waals surface area contributed by atoms with E-state index < -0.39 is 0 Å². The van der Waals surface area contributed by atoms with Crippen molar-refractivity contribution in [1.82, 2.24) is 24.6 Å². The van der Waals surface area contributed by atoms with Crippen LogP contribution in [-0.2, 0) is 11.2 Å². The highest BCUT2D eigenvalue weighted by Gasteiger charge is 2.26. The van der Waals surface area contributed by atoms with Crippen LogP contribution in [0, 0.1) is 13.8 Å². The summed E-state index contributed by atoms with van der Waals surface area (Å²) < 4.78 is 1.99. The molecule has 1 fully saturated rings. The largest absolute Gasteiger partial charge is 0.341 e. The maximum atomic E-state index is 12.5. The molecule has 6 nitrogen and oxygen atoms in total. The Bertz CT molecular complexity index is 682. The molecule has 3 rings (SSSR count). The van der Waals surface area contributed by atoms with Crippen LogP contribution < -0.4 is 0 Å². The van der Waals surface area contributed by atoms with Crippen molar-refractivity contribution < 1.29 is 4.79 Å². The number of amides is 1. The highest BCUT2D eigenvalue weighted by Crippen LogP contribution is 2.22. The number of hydrogen-bond donors (Lipinski definition) is 0. The molecule has 3 heterocycles. The number of aryl methyl sites for hydroxylation is 3. The number of likely N-dealkylation sites (tertiary alicyclic amines) is 1. The van der Waals surface area contributed by atoms with E-state index in [9.17, 15) is 4.79 Å². The molecular formula is C18H25N5O. The Labute approximate surface area is 142 Å². The van der Waals surface area contributed by atoms with E-state index in [4.69, 9.17) is 0 Å². The zero-order valence-corrected chi connectivity index (χ0v) is 14.5. The molecule has 0 saturated carbocycles. The van der Waals surface area contributed by atoms with Crippen LogP contribution in [0.5, 0.6) is 0 Å². The lowest BCUT2D eigenvalue weighted by Gasteiger charge is -2.33. The molecule has 0 unspecified atom stereocenters. The first-order valence-electron chi connectivity index (χ1n) is 8.71. The number of carbonyl (C=O) groups is 1. The normalized spacial score (nSPS) is 17.9. The molecule has 0 spiro atoms. The molecule has 0 radical (unpaired) electrons. The van der Waals surface area contributed by atoms with Crippen LogP contribution >= 0.6 is 0 Å². The van der Waals surface area contributed by atoms with Gasteiger partial charge in [0.15, 0.2) is 0 Å². The average molecular weight is 327 g/mol. The van der Waals surface area contributed by atoms with Crippen LogP contribution in [0.2, 0.25) is 0 Å². The van der Waals surface area contributed by atoms with Crippen molar-refractivity contribution in [3.63, 3.8) is 0 Å². The predicted molar refractivity (Wildman–Crippen MR) is 91.5 cm³/mol. The molecule has 1 aliphatic heterocycles. The topological polar surface area (TPSA) is 63.9 Å². The minimum Gasteiger partial charge on any atom is -0.341 e. The van der Waals surface area contributed by atoms with Crippen molar-refractivity contribution in [2.45, 2.75) is 52.0 Å². The van der Waals surface area contributed by atoms with Gasteiger partial charge in [-0.25, -0.2) is 9.67 Å². The molecule has 0 aliphatic carbocycles. The number of aromatic nitrogens is 4. The summed E-state index contributed by atoms with van der Waals surface area (Å²) in [5.41, 5.74) is 1.05. The zero-order valence-electron chi connectivity index (χ0n) is 14.5. The molecule has 2 aromatic rings. The van der Waals surface area contributed by atoms with Gasteiger partial charge in [-0.05, 0) is 51.7 Å². The van der Waals surface area contributed by atoms with Crippen molar-refractivity contribution in [2.75, 3.05) is 13.1 Å². The lowest BCUT2D eigenvalue weighted by atomic mass is 10.0. The third kappa shape index (κ3) is 3.99. The molecule has 1 saturated heterocycles. The molecule has 0 N–H and O–H groups in total. The number of nitrogens with zero attached hydrogens (tertiary/aromatic N) is 5. The minimum absolute atomic E-state index is 0.241. The summed E-state index contributed by atoms with van der Waals surface area (Å²) in [6.45, 7) is 5.48. The number of carbonyl (C=O) groups excluding carboxylic acids is 1. The fourth-order valence-electron chi connectivity index (χ4n) is 3.39. The molecule has 0 bridgehead atoms. The first kappa shape index (κ1) is 16.6. The zero-order chi connectivity index (χ0) is 16.9. The third-order valence-corrected chi connectivity index (χ3v) is 4.55. The molecule has 0 aromatic carbocycles. The molecule has 6 heteroatoms. The van der Waals surface area contributed by atoms with E-state index in [1.54, 1.807) is 6.20 Å². The third-order valence-electron chi connectivity index (χ3n) is 4.55. The summed E-state index contributed by atoms with van der Waals surface area (Å²) in [5.74, 6) is 1.97. The van der Waals surface area contributed by atoms with Gasteiger partial charge in [0.25, 0.3) is 0 Å². The van der Waals surface area contributed by atoms with Gasteiger partial charge < -0.3 is 4.90 Å². The SMILES string of the molecule is Cc1nc(C)n([C@H]2CCCN(C(=O)CCCc3ccccn3)C2)n1. The first-order chi connectivity index (χ1) is 11.6. The minimum atomic E-state index is 0.241.